The lowest BCUT2D eigenvalue weighted by Gasteiger charge is -2.36. The zero-order valence-corrected chi connectivity index (χ0v) is 15.9. The molecule has 1 aromatic rings. The number of primary amides is 1. The summed E-state index contributed by atoms with van der Waals surface area (Å²) in [4.78, 5) is 14.4. The van der Waals surface area contributed by atoms with E-state index < -0.39 is 0 Å². The summed E-state index contributed by atoms with van der Waals surface area (Å²) >= 11 is 0. The van der Waals surface area contributed by atoms with Gasteiger partial charge in [-0.2, -0.15) is 0 Å². The van der Waals surface area contributed by atoms with Gasteiger partial charge in [-0.25, -0.2) is 0 Å². The molecule has 1 amide bonds. The molecule has 2 N–H and O–H groups in total. The van der Waals surface area contributed by atoms with Crippen molar-refractivity contribution in [3.05, 3.63) is 33.9 Å². The van der Waals surface area contributed by atoms with Crippen LogP contribution in [0.1, 0.15) is 64.2 Å². The van der Waals surface area contributed by atoms with E-state index in [9.17, 15) is 4.79 Å². The van der Waals surface area contributed by atoms with Gasteiger partial charge in [-0.3, -0.25) is 4.79 Å². The van der Waals surface area contributed by atoms with Gasteiger partial charge in [-0.1, -0.05) is 0 Å². The Bertz CT molecular complexity index is 627. The number of carbonyl (C=O) groups excluding carboxylic acids is 1. The first-order valence-electron chi connectivity index (χ1n) is 9.68. The number of rotatable bonds is 4. The number of hydrogen-bond donors (Lipinski definition) is 1. The van der Waals surface area contributed by atoms with Crippen molar-refractivity contribution in [1.82, 2.24) is 4.90 Å². The van der Waals surface area contributed by atoms with E-state index in [0.717, 1.165) is 37.8 Å². The highest BCUT2D eigenvalue weighted by Crippen LogP contribution is 2.34. The van der Waals surface area contributed by atoms with Gasteiger partial charge in [0.1, 0.15) is 0 Å². The Morgan fingerprint density at radius 3 is 2.32 bits per heavy atom. The van der Waals surface area contributed by atoms with Crippen LogP contribution < -0.4 is 5.73 Å². The summed E-state index contributed by atoms with van der Waals surface area (Å²) in [6.07, 6.45) is 4.76. The molecule has 0 atom stereocenters. The predicted octanol–water partition coefficient (Wildman–Crippen LogP) is 3.32. The molecule has 2 saturated heterocycles. The summed E-state index contributed by atoms with van der Waals surface area (Å²) in [7, 11) is 0. The Kier molecular flexibility index (Phi) is 5.80. The highest BCUT2D eigenvalue weighted by Gasteiger charge is 2.26. The van der Waals surface area contributed by atoms with E-state index in [1.807, 2.05) is 6.92 Å². The molecule has 3 rings (SSSR count). The number of hydrogen-bond acceptors (Lipinski definition) is 3. The molecule has 4 heteroatoms. The van der Waals surface area contributed by atoms with Gasteiger partial charge in [0.25, 0.3) is 0 Å². The quantitative estimate of drug-likeness (QED) is 0.911. The zero-order chi connectivity index (χ0) is 18.0. The second-order valence-corrected chi connectivity index (χ2v) is 7.88. The topological polar surface area (TPSA) is 55.6 Å². The van der Waals surface area contributed by atoms with Gasteiger partial charge >= 0.3 is 0 Å². The minimum absolute atomic E-state index is 0.307. The van der Waals surface area contributed by atoms with Crippen molar-refractivity contribution in [2.45, 2.75) is 52.4 Å². The van der Waals surface area contributed by atoms with Crippen LogP contribution in [0.25, 0.3) is 0 Å². The lowest BCUT2D eigenvalue weighted by molar-refractivity contribution is 0.0488. The summed E-state index contributed by atoms with van der Waals surface area (Å²) < 4.78 is 5.47. The van der Waals surface area contributed by atoms with Crippen LogP contribution in [0.15, 0.2) is 6.07 Å². The van der Waals surface area contributed by atoms with E-state index in [4.69, 9.17) is 10.5 Å². The molecule has 0 aliphatic carbocycles. The van der Waals surface area contributed by atoms with Crippen LogP contribution in [0.5, 0.6) is 0 Å². The van der Waals surface area contributed by atoms with Crippen molar-refractivity contribution in [2.24, 2.45) is 11.7 Å². The molecule has 0 unspecified atom stereocenters. The maximum atomic E-state index is 11.8. The SMILES string of the molecule is Cc1c(C(N)=O)cc(C2CCN(CC3CCOCC3)CC2)c(C)c1C. The number of benzene rings is 1. The third-order valence-electron chi connectivity index (χ3n) is 6.41. The van der Waals surface area contributed by atoms with Gasteiger partial charge in [0.15, 0.2) is 0 Å². The Hall–Kier alpha value is -1.39. The number of carbonyl (C=O) groups is 1. The molecule has 0 aromatic heterocycles. The predicted molar refractivity (Wildman–Crippen MR) is 101 cm³/mol. The van der Waals surface area contributed by atoms with Crippen molar-refractivity contribution in [1.29, 1.82) is 0 Å². The number of ether oxygens (including phenoxy) is 1. The fourth-order valence-corrected chi connectivity index (χ4v) is 4.47. The maximum absolute atomic E-state index is 11.8. The zero-order valence-electron chi connectivity index (χ0n) is 15.9. The lowest BCUT2D eigenvalue weighted by atomic mass is 9.82. The monoisotopic (exact) mass is 344 g/mol. The molecule has 2 fully saturated rings. The standard InChI is InChI=1S/C21H32N2O2/c1-14-15(2)19(12-20(16(14)3)21(22)24)18-4-8-23(9-5-18)13-17-6-10-25-11-7-17/h12,17-18H,4-11,13H2,1-3H3,(H2,22,24). The summed E-state index contributed by atoms with van der Waals surface area (Å²) in [5.41, 5.74) is 11.2. The van der Waals surface area contributed by atoms with Crippen LogP contribution in [-0.4, -0.2) is 43.7 Å². The number of nitrogens with zero attached hydrogens (tertiary/aromatic N) is 1. The van der Waals surface area contributed by atoms with Crippen molar-refractivity contribution in [3.8, 4) is 0 Å². The highest BCUT2D eigenvalue weighted by atomic mass is 16.5. The summed E-state index contributed by atoms with van der Waals surface area (Å²) in [6.45, 7) is 11.7. The average Bonchev–Trinajstić information content (AvgIpc) is 2.61. The molecule has 2 aliphatic heterocycles. The van der Waals surface area contributed by atoms with Crippen molar-refractivity contribution < 1.29 is 9.53 Å². The van der Waals surface area contributed by atoms with E-state index >= 15 is 0 Å². The summed E-state index contributed by atoms with van der Waals surface area (Å²) in [6, 6.07) is 2.07. The fraction of sp³-hybridized carbons (Fsp3) is 0.667. The Morgan fingerprint density at radius 2 is 1.72 bits per heavy atom. The number of nitrogens with two attached hydrogens (primary N) is 1. The lowest BCUT2D eigenvalue weighted by Crippen LogP contribution is -2.38. The van der Waals surface area contributed by atoms with Gasteiger partial charge in [-0.15, -0.1) is 0 Å². The largest absolute Gasteiger partial charge is 0.381 e. The van der Waals surface area contributed by atoms with Gasteiger partial charge < -0.3 is 15.4 Å². The van der Waals surface area contributed by atoms with Crippen LogP contribution in [0, 0.1) is 26.7 Å². The second-order valence-electron chi connectivity index (χ2n) is 7.88. The number of amides is 1. The first kappa shape index (κ1) is 18.4. The molecule has 0 saturated carbocycles. The minimum atomic E-state index is -0.307. The molecular weight excluding hydrogens is 312 g/mol. The summed E-state index contributed by atoms with van der Waals surface area (Å²) in [5, 5.41) is 0. The first-order valence-corrected chi connectivity index (χ1v) is 9.68. The molecule has 0 spiro atoms. The van der Waals surface area contributed by atoms with Crippen LogP contribution >= 0.6 is 0 Å². The fourth-order valence-electron chi connectivity index (χ4n) is 4.47. The van der Waals surface area contributed by atoms with Crippen LogP contribution in [-0.2, 0) is 4.74 Å². The molecule has 138 valence electrons. The van der Waals surface area contributed by atoms with E-state index in [2.05, 4.69) is 24.8 Å². The second kappa shape index (κ2) is 7.88. The normalized spacial score (nSPS) is 20.8. The minimum Gasteiger partial charge on any atom is -0.381 e. The first-order chi connectivity index (χ1) is 12.0. The van der Waals surface area contributed by atoms with Crippen molar-refractivity contribution >= 4 is 5.91 Å². The molecule has 0 bridgehead atoms. The van der Waals surface area contributed by atoms with E-state index in [1.54, 1.807) is 0 Å². The average molecular weight is 344 g/mol. The Balaban J connectivity index is 1.67. The van der Waals surface area contributed by atoms with Crippen molar-refractivity contribution in [3.63, 3.8) is 0 Å². The van der Waals surface area contributed by atoms with Gasteiger partial charge in [0.2, 0.25) is 5.91 Å². The Labute approximate surface area is 151 Å². The highest BCUT2D eigenvalue weighted by molar-refractivity contribution is 5.95. The maximum Gasteiger partial charge on any atom is 0.248 e. The number of piperidine rings is 1. The van der Waals surface area contributed by atoms with E-state index in [-0.39, 0.29) is 5.91 Å². The van der Waals surface area contributed by atoms with Crippen LogP contribution in [0.4, 0.5) is 0 Å². The van der Waals surface area contributed by atoms with Crippen LogP contribution in [0.2, 0.25) is 0 Å². The third-order valence-corrected chi connectivity index (χ3v) is 6.41. The van der Waals surface area contributed by atoms with Crippen molar-refractivity contribution in [2.75, 3.05) is 32.8 Å². The molecule has 2 aliphatic rings. The van der Waals surface area contributed by atoms with E-state index in [0.29, 0.717) is 11.5 Å². The molecule has 4 nitrogen and oxygen atoms in total. The third kappa shape index (κ3) is 4.06. The molecule has 2 heterocycles. The molecule has 25 heavy (non-hydrogen) atoms. The summed E-state index contributed by atoms with van der Waals surface area (Å²) in [5.74, 6) is 1.04. The molecule has 0 radical (unpaired) electrons. The molecule has 1 aromatic carbocycles. The van der Waals surface area contributed by atoms with E-state index in [1.165, 1.54) is 48.9 Å². The smallest absolute Gasteiger partial charge is 0.248 e. The number of likely N-dealkylation sites (tertiary alicyclic amines) is 1. The van der Waals surface area contributed by atoms with Gasteiger partial charge in [0, 0.05) is 25.3 Å². The van der Waals surface area contributed by atoms with Crippen LogP contribution in [0.3, 0.4) is 0 Å². The van der Waals surface area contributed by atoms with Gasteiger partial charge in [-0.05, 0) is 99.7 Å². The van der Waals surface area contributed by atoms with Gasteiger partial charge in [0.05, 0.1) is 0 Å². The Morgan fingerprint density at radius 1 is 1.08 bits per heavy atom. The molecular formula is C21H32N2O2.